The molecule has 7 nitrogen and oxygen atoms in total. The number of carbonyl (C=O) groups is 2. The number of benzene rings is 2. The maximum atomic E-state index is 12.1. The number of hydrogen-bond donors (Lipinski definition) is 1. The van der Waals surface area contributed by atoms with Crippen LogP contribution < -0.4 is 14.8 Å². The highest BCUT2D eigenvalue weighted by Crippen LogP contribution is 2.43. The van der Waals surface area contributed by atoms with Crippen molar-refractivity contribution < 1.29 is 19.1 Å². The van der Waals surface area contributed by atoms with Gasteiger partial charge >= 0.3 is 0 Å². The first-order chi connectivity index (χ1) is 14.8. The van der Waals surface area contributed by atoms with E-state index in [0.717, 1.165) is 11.3 Å². The lowest BCUT2D eigenvalue weighted by molar-refractivity contribution is -0.129. The van der Waals surface area contributed by atoms with Crippen LogP contribution in [0.4, 0.5) is 0 Å². The first-order valence-corrected chi connectivity index (χ1v) is 11.0. The van der Waals surface area contributed by atoms with E-state index < -0.39 is 5.37 Å². The van der Waals surface area contributed by atoms with Crippen molar-refractivity contribution in [3.8, 4) is 11.5 Å². The standard InChI is InChI=1S/C22H24ClN3O4S/c1-14-7-4-5-8-19(14)29-11-6-12-30-20-10-9-17(23)13-18(20)21-26(16(3)28)25-22(31-21)24-15(2)27/h4-5,7-10,13,21H,6,11-12H2,1-3H3,(H,24,25,27)/t21-/m0/s1. The Morgan fingerprint density at radius 2 is 1.84 bits per heavy atom. The molecule has 1 aliphatic rings. The number of para-hydroxylation sites is 1. The Morgan fingerprint density at radius 3 is 2.52 bits per heavy atom. The maximum Gasteiger partial charge on any atom is 0.241 e. The van der Waals surface area contributed by atoms with Gasteiger partial charge < -0.3 is 14.8 Å². The van der Waals surface area contributed by atoms with Crippen LogP contribution in [0.5, 0.6) is 11.5 Å². The van der Waals surface area contributed by atoms with E-state index in [1.54, 1.807) is 18.2 Å². The summed E-state index contributed by atoms with van der Waals surface area (Å²) in [6.07, 6.45) is 0.679. The fourth-order valence-corrected chi connectivity index (χ4v) is 4.29. The Morgan fingerprint density at radius 1 is 1.13 bits per heavy atom. The second-order valence-electron chi connectivity index (χ2n) is 6.92. The fraction of sp³-hybridized carbons (Fsp3) is 0.318. The van der Waals surface area contributed by atoms with Crippen molar-refractivity contribution in [2.24, 2.45) is 5.10 Å². The van der Waals surface area contributed by atoms with Gasteiger partial charge in [-0.05, 0) is 36.8 Å². The molecule has 1 N–H and O–H groups in total. The molecule has 0 bridgehead atoms. The van der Waals surface area contributed by atoms with Gasteiger partial charge in [-0.3, -0.25) is 9.59 Å². The van der Waals surface area contributed by atoms with Crippen LogP contribution >= 0.6 is 23.4 Å². The molecule has 1 heterocycles. The van der Waals surface area contributed by atoms with Crippen LogP contribution in [0, 0.1) is 6.92 Å². The van der Waals surface area contributed by atoms with Gasteiger partial charge in [0.25, 0.3) is 0 Å². The van der Waals surface area contributed by atoms with Crippen molar-refractivity contribution in [2.45, 2.75) is 32.6 Å². The van der Waals surface area contributed by atoms with Gasteiger partial charge in [-0.1, -0.05) is 41.6 Å². The largest absolute Gasteiger partial charge is 0.493 e. The summed E-state index contributed by atoms with van der Waals surface area (Å²) in [5.74, 6) is 0.946. The van der Waals surface area contributed by atoms with Crippen LogP contribution in [-0.2, 0) is 9.59 Å². The number of aryl methyl sites for hydroxylation is 1. The predicted octanol–water partition coefficient (Wildman–Crippen LogP) is 4.50. The molecule has 0 radical (unpaired) electrons. The van der Waals surface area contributed by atoms with E-state index in [9.17, 15) is 9.59 Å². The smallest absolute Gasteiger partial charge is 0.241 e. The number of rotatable bonds is 7. The Labute approximate surface area is 190 Å². The lowest BCUT2D eigenvalue weighted by atomic mass is 10.2. The molecule has 0 aromatic heterocycles. The minimum absolute atomic E-state index is 0.254. The predicted molar refractivity (Wildman–Crippen MR) is 122 cm³/mol. The number of thioether (sulfide) groups is 1. The molecule has 2 aromatic rings. The molecule has 2 amide bonds. The molecule has 0 spiro atoms. The molecular formula is C22H24ClN3O4S. The summed E-state index contributed by atoms with van der Waals surface area (Å²) in [5, 5.41) is 8.54. The van der Waals surface area contributed by atoms with Gasteiger partial charge in [0.1, 0.15) is 16.9 Å². The van der Waals surface area contributed by atoms with Crippen molar-refractivity contribution in [2.75, 3.05) is 13.2 Å². The zero-order valence-corrected chi connectivity index (χ0v) is 19.1. The number of halogens is 1. The van der Waals surface area contributed by atoms with E-state index >= 15 is 0 Å². The van der Waals surface area contributed by atoms with Gasteiger partial charge in [-0.15, -0.1) is 5.10 Å². The Balaban J connectivity index is 1.65. The number of amides is 2. The molecule has 0 unspecified atom stereocenters. The lowest BCUT2D eigenvalue weighted by Crippen LogP contribution is -2.25. The molecule has 31 heavy (non-hydrogen) atoms. The normalized spacial score (nSPS) is 15.4. The average molecular weight is 462 g/mol. The number of nitrogens with zero attached hydrogens (tertiary/aromatic N) is 2. The highest BCUT2D eigenvalue weighted by molar-refractivity contribution is 8.14. The molecule has 3 rings (SSSR count). The Hall–Kier alpha value is -2.71. The second kappa shape index (κ2) is 10.5. The molecule has 0 aliphatic carbocycles. The van der Waals surface area contributed by atoms with Crippen LogP contribution in [0.1, 0.15) is 36.8 Å². The summed E-state index contributed by atoms with van der Waals surface area (Å²) >= 11 is 7.47. The highest BCUT2D eigenvalue weighted by atomic mass is 35.5. The fourth-order valence-electron chi connectivity index (χ4n) is 2.95. The van der Waals surface area contributed by atoms with E-state index in [1.165, 1.54) is 30.6 Å². The van der Waals surface area contributed by atoms with Crippen molar-refractivity contribution in [3.63, 3.8) is 0 Å². The van der Waals surface area contributed by atoms with E-state index in [4.69, 9.17) is 21.1 Å². The van der Waals surface area contributed by atoms with E-state index in [2.05, 4.69) is 10.4 Å². The lowest BCUT2D eigenvalue weighted by Gasteiger charge is -2.22. The molecule has 164 valence electrons. The summed E-state index contributed by atoms with van der Waals surface area (Å²) in [6, 6.07) is 13.1. The number of nitrogens with one attached hydrogen (secondary N) is 1. The van der Waals surface area contributed by atoms with Gasteiger partial charge in [-0.2, -0.15) is 0 Å². The van der Waals surface area contributed by atoms with E-state index in [0.29, 0.717) is 41.1 Å². The molecule has 1 atom stereocenters. The molecule has 0 fully saturated rings. The van der Waals surface area contributed by atoms with Gasteiger partial charge in [0.2, 0.25) is 11.8 Å². The molecule has 2 aromatic carbocycles. The third-order valence-electron chi connectivity index (χ3n) is 4.38. The monoisotopic (exact) mass is 461 g/mol. The van der Waals surface area contributed by atoms with Crippen molar-refractivity contribution in [1.82, 2.24) is 10.3 Å². The molecular weight excluding hydrogens is 438 g/mol. The van der Waals surface area contributed by atoms with Gasteiger partial charge in [0.05, 0.1) is 13.2 Å². The number of carbonyl (C=O) groups excluding carboxylic acids is 2. The minimum atomic E-state index is -0.490. The van der Waals surface area contributed by atoms with Crippen LogP contribution in [0.15, 0.2) is 47.6 Å². The zero-order valence-electron chi connectivity index (χ0n) is 17.6. The second-order valence-corrected chi connectivity index (χ2v) is 8.42. The summed E-state index contributed by atoms with van der Waals surface area (Å²) < 4.78 is 11.8. The quantitative estimate of drug-likeness (QED) is 0.614. The Kier molecular flexibility index (Phi) is 7.81. The SMILES string of the molecule is CC(=O)NC1=NN(C(C)=O)[C@H](c2cc(Cl)ccc2OCCCOc2ccccc2C)S1. The molecule has 0 saturated carbocycles. The number of hydrazone groups is 1. The minimum Gasteiger partial charge on any atom is -0.493 e. The number of hydrogen-bond acceptors (Lipinski definition) is 6. The number of ether oxygens (including phenoxy) is 2. The van der Waals surface area contributed by atoms with E-state index in [-0.39, 0.29) is 11.8 Å². The topological polar surface area (TPSA) is 80.2 Å². The average Bonchev–Trinajstić information content (AvgIpc) is 3.13. The number of amidine groups is 1. The first kappa shape index (κ1) is 23.0. The van der Waals surface area contributed by atoms with Gasteiger partial charge in [-0.25, -0.2) is 5.01 Å². The van der Waals surface area contributed by atoms with Crippen molar-refractivity contribution >= 4 is 40.3 Å². The summed E-state index contributed by atoms with van der Waals surface area (Å²) in [5.41, 5.74) is 1.79. The van der Waals surface area contributed by atoms with Gasteiger partial charge in [0, 0.05) is 30.9 Å². The highest BCUT2D eigenvalue weighted by Gasteiger charge is 2.34. The van der Waals surface area contributed by atoms with Crippen molar-refractivity contribution in [3.05, 3.63) is 58.6 Å². The summed E-state index contributed by atoms with van der Waals surface area (Å²) in [7, 11) is 0. The summed E-state index contributed by atoms with van der Waals surface area (Å²) in [6.45, 7) is 5.76. The van der Waals surface area contributed by atoms with Crippen LogP contribution in [0.25, 0.3) is 0 Å². The third-order valence-corrected chi connectivity index (χ3v) is 5.70. The van der Waals surface area contributed by atoms with Gasteiger partial charge in [0.15, 0.2) is 5.17 Å². The first-order valence-electron chi connectivity index (χ1n) is 9.78. The van der Waals surface area contributed by atoms with Crippen molar-refractivity contribution in [1.29, 1.82) is 0 Å². The molecule has 1 aliphatic heterocycles. The summed E-state index contributed by atoms with van der Waals surface area (Å²) in [4.78, 5) is 23.5. The van der Waals surface area contributed by atoms with Crippen LogP contribution in [0.3, 0.4) is 0 Å². The molecule has 9 heteroatoms. The van der Waals surface area contributed by atoms with Crippen LogP contribution in [0.2, 0.25) is 5.02 Å². The zero-order chi connectivity index (χ0) is 22.4. The third kappa shape index (κ3) is 6.15. The van der Waals surface area contributed by atoms with Crippen LogP contribution in [-0.4, -0.2) is 35.2 Å². The maximum absolute atomic E-state index is 12.1. The van der Waals surface area contributed by atoms with E-state index in [1.807, 2.05) is 31.2 Å². The Bertz CT molecular complexity index is 998. The molecule has 0 saturated heterocycles.